The fourth-order valence-electron chi connectivity index (χ4n) is 3.39. The van der Waals surface area contributed by atoms with Crippen LogP contribution >= 0.6 is 15.9 Å². The first-order chi connectivity index (χ1) is 15.6. The zero-order chi connectivity index (χ0) is 24.6. The van der Waals surface area contributed by atoms with Gasteiger partial charge in [-0.1, -0.05) is 66.2 Å². The van der Waals surface area contributed by atoms with Crippen LogP contribution in [0.1, 0.15) is 39.2 Å². The minimum atomic E-state index is -3.75. The van der Waals surface area contributed by atoms with E-state index in [1.54, 1.807) is 24.3 Å². The molecule has 0 bridgehead atoms. The molecule has 0 aliphatic heterocycles. The molecular formula is C24H32BrN3O4S. The van der Waals surface area contributed by atoms with E-state index >= 15 is 0 Å². The number of anilines is 1. The van der Waals surface area contributed by atoms with Crippen molar-refractivity contribution in [1.82, 2.24) is 10.2 Å². The Kier molecular flexibility index (Phi) is 9.91. The molecule has 0 saturated heterocycles. The number of rotatable bonds is 11. The Bertz CT molecular complexity index is 1050. The van der Waals surface area contributed by atoms with Gasteiger partial charge in [-0.15, -0.1) is 0 Å². The summed E-state index contributed by atoms with van der Waals surface area (Å²) in [5.74, 6) is -0.695. The molecule has 0 aliphatic carbocycles. The van der Waals surface area contributed by atoms with Gasteiger partial charge in [0.2, 0.25) is 21.8 Å². The first kappa shape index (κ1) is 26.9. The van der Waals surface area contributed by atoms with Crippen LogP contribution in [0.25, 0.3) is 0 Å². The van der Waals surface area contributed by atoms with Crippen LogP contribution in [0.3, 0.4) is 0 Å². The van der Waals surface area contributed by atoms with Gasteiger partial charge in [0, 0.05) is 17.1 Å². The Morgan fingerprint density at radius 3 is 2.24 bits per heavy atom. The van der Waals surface area contributed by atoms with Crippen molar-refractivity contribution in [3.8, 4) is 0 Å². The topological polar surface area (TPSA) is 86.8 Å². The van der Waals surface area contributed by atoms with Gasteiger partial charge in [0.25, 0.3) is 0 Å². The standard InChI is InChI=1S/C24H32BrN3O4S/c1-5-18(3)26-24(30)22(6-2)27(16-19-11-8-7-9-12-19)23(29)17-28(33(4,31)32)21-14-10-13-20(25)15-21/h7-15,18,22H,5-6,16-17H2,1-4H3,(H,26,30)/t18-,22+/m0/s1. The molecule has 2 amide bonds. The van der Waals surface area contributed by atoms with Crippen LogP contribution in [-0.4, -0.2) is 50.0 Å². The second-order valence-electron chi connectivity index (χ2n) is 8.00. The molecule has 0 radical (unpaired) electrons. The molecule has 0 aliphatic rings. The Morgan fingerprint density at radius 2 is 1.70 bits per heavy atom. The molecule has 0 aromatic heterocycles. The number of halogens is 1. The lowest BCUT2D eigenvalue weighted by Gasteiger charge is -2.33. The van der Waals surface area contributed by atoms with Crippen LogP contribution in [0.4, 0.5) is 5.69 Å². The van der Waals surface area contributed by atoms with Crippen molar-refractivity contribution in [3.05, 3.63) is 64.6 Å². The van der Waals surface area contributed by atoms with Crippen molar-refractivity contribution in [1.29, 1.82) is 0 Å². The molecule has 2 atom stereocenters. The summed E-state index contributed by atoms with van der Waals surface area (Å²) in [5.41, 5.74) is 1.23. The van der Waals surface area contributed by atoms with E-state index in [1.165, 1.54) is 4.90 Å². The van der Waals surface area contributed by atoms with Gasteiger partial charge in [0.15, 0.2) is 0 Å². The van der Waals surface area contributed by atoms with Crippen LogP contribution in [0.5, 0.6) is 0 Å². The summed E-state index contributed by atoms with van der Waals surface area (Å²) < 4.78 is 26.9. The van der Waals surface area contributed by atoms with Gasteiger partial charge in [-0.25, -0.2) is 8.42 Å². The van der Waals surface area contributed by atoms with Gasteiger partial charge in [0.1, 0.15) is 12.6 Å². The van der Waals surface area contributed by atoms with Gasteiger partial charge in [-0.3, -0.25) is 13.9 Å². The number of nitrogens with zero attached hydrogens (tertiary/aromatic N) is 2. The maximum absolute atomic E-state index is 13.6. The third kappa shape index (κ3) is 7.85. The number of sulfonamides is 1. The highest BCUT2D eigenvalue weighted by atomic mass is 79.9. The predicted molar refractivity (Wildman–Crippen MR) is 135 cm³/mol. The fraction of sp³-hybridized carbons (Fsp3) is 0.417. The summed E-state index contributed by atoms with van der Waals surface area (Å²) in [5, 5.41) is 2.95. The summed E-state index contributed by atoms with van der Waals surface area (Å²) in [6, 6.07) is 15.4. The number of amides is 2. The number of benzene rings is 2. The molecule has 0 unspecified atom stereocenters. The number of hydrogen-bond acceptors (Lipinski definition) is 4. The van der Waals surface area contributed by atoms with E-state index in [0.717, 1.165) is 22.5 Å². The quantitative estimate of drug-likeness (QED) is 0.470. The van der Waals surface area contributed by atoms with Crippen molar-refractivity contribution >= 4 is 43.5 Å². The normalized spacial score (nSPS) is 13.1. The van der Waals surface area contributed by atoms with Gasteiger partial charge >= 0.3 is 0 Å². The molecule has 9 heteroatoms. The molecule has 2 aromatic rings. The van der Waals surface area contributed by atoms with E-state index in [2.05, 4.69) is 21.2 Å². The smallest absolute Gasteiger partial charge is 0.244 e. The van der Waals surface area contributed by atoms with E-state index in [4.69, 9.17) is 0 Å². The molecule has 33 heavy (non-hydrogen) atoms. The average molecular weight is 539 g/mol. The molecule has 180 valence electrons. The summed E-state index contributed by atoms with van der Waals surface area (Å²) in [4.78, 5) is 28.1. The second-order valence-corrected chi connectivity index (χ2v) is 10.8. The number of nitrogens with one attached hydrogen (secondary N) is 1. The van der Waals surface area contributed by atoms with Crippen molar-refractivity contribution in [2.75, 3.05) is 17.1 Å². The molecule has 1 N–H and O–H groups in total. The number of hydrogen-bond donors (Lipinski definition) is 1. The van der Waals surface area contributed by atoms with Crippen LogP contribution in [0.15, 0.2) is 59.1 Å². The lowest BCUT2D eigenvalue weighted by atomic mass is 10.1. The van der Waals surface area contributed by atoms with Gasteiger partial charge in [0.05, 0.1) is 11.9 Å². The largest absolute Gasteiger partial charge is 0.352 e. The Morgan fingerprint density at radius 1 is 1.03 bits per heavy atom. The zero-order valence-corrected chi connectivity index (χ0v) is 21.9. The molecule has 0 heterocycles. The van der Waals surface area contributed by atoms with Crippen molar-refractivity contribution < 1.29 is 18.0 Å². The molecular weight excluding hydrogens is 506 g/mol. The molecule has 0 fully saturated rings. The lowest BCUT2D eigenvalue weighted by molar-refractivity contribution is -0.140. The first-order valence-electron chi connectivity index (χ1n) is 10.9. The Balaban J connectivity index is 2.41. The summed E-state index contributed by atoms with van der Waals surface area (Å²) in [6.07, 6.45) is 2.23. The highest BCUT2D eigenvalue weighted by molar-refractivity contribution is 9.10. The van der Waals surface area contributed by atoms with Gasteiger partial charge in [-0.05, 0) is 43.5 Å². The number of carbonyl (C=O) groups excluding carboxylic acids is 2. The van der Waals surface area contributed by atoms with Crippen LogP contribution < -0.4 is 9.62 Å². The molecule has 0 saturated carbocycles. The molecule has 2 aromatic carbocycles. The second kappa shape index (κ2) is 12.2. The van der Waals surface area contributed by atoms with Crippen molar-refractivity contribution in [2.24, 2.45) is 0 Å². The summed E-state index contributed by atoms with van der Waals surface area (Å²) in [7, 11) is -3.75. The van der Waals surface area contributed by atoms with Gasteiger partial charge < -0.3 is 10.2 Å². The Labute approximate surface area is 205 Å². The third-order valence-corrected chi connectivity index (χ3v) is 6.99. The van der Waals surface area contributed by atoms with Crippen molar-refractivity contribution in [2.45, 2.75) is 52.2 Å². The van der Waals surface area contributed by atoms with Crippen molar-refractivity contribution in [3.63, 3.8) is 0 Å². The molecule has 2 rings (SSSR count). The predicted octanol–water partition coefficient (Wildman–Crippen LogP) is 3.94. The monoisotopic (exact) mass is 537 g/mol. The van der Waals surface area contributed by atoms with Crippen LogP contribution in [0.2, 0.25) is 0 Å². The molecule has 0 spiro atoms. The highest BCUT2D eigenvalue weighted by Crippen LogP contribution is 2.23. The van der Waals surface area contributed by atoms with Gasteiger partial charge in [-0.2, -0.15) is 0 Å². The molecule has 7 nitrogen and oxygen atoms in total. The maximum atomic E-state index is 13.6. The van der Waals surface area contributed by atoms with E-state index < -0.39 is 28.5 Å². The van der Waals surface area contributed by atoms with E-state index in [-0.39, 0.29) is 18.5 Å². The average Bonchev–Trinajstić information content (AvgIpc) is 2.76. The highest BCUT2D eigenvalue weighted by Gasteiger charge is 2.32. The van der Waals surface area contributed by atoms with E-state index in [1.807, 2.05) is 51.1 Å². The fourth-order valence-corrected chi connectivity index (χ4v) is 4.61. The third-order valence-electron chi connectivity index (χ3n) is 5.36. The lowest BCUT2D eigenvalue weighted by Crippen LogP contribution is -2.53. The van der Waals surface area contributed by atoms with Crippen LogP contribution in [-0.2, 0) is 26.2 Å². The SMILES string of the molecule is CC[C@H](C(=O)N[C@@H](C)CC)N(Cc1ccccc1)C(=O)CN(c1cccc(Br)c1)S(C)(=O)=O. The first-order valence-corrected chi connectivity index (χ1v) is 13.6. The number of carbonyl (C=O) groups is 2. The minimum absolute atomic E-state index is 0.0329. The minimum Gasteiger partial charge on any atom is -0.352 e. The summed E-state index contributed by atoms with van der Waals surface area (Å²) >= 11 is 3.35. The van der Waals surface area contributed by atoms with Crippen LogP contribution in [0, 0.1) is 0 Å². The van der Waals surface area contributed by atoms with E-state index in [9.17, 15) is 18.0 Å². The van der Waals surface area contributed by atoms with E-state index in [0.29, 0.717) is 16.6 Å². The maximum Gasteiger partial charge on any atom is 0.244 e. The Hall–Kier alpha value is -2.39. The zero-order valence-electron chi connectivity index (χ0n) is 19.5. The summed E-state index contributed by atoms with van der Waals surface area (Å²) in [6.45, 7) is 5.51.